The Bertz CT molecular complexity index is 173. The predicted octanol–water partition coefficient (Wildman–Crippen LogP) is -0.329. The second-order valence-corrected chi connectivity index (χ2v) is 2.88. The van der Waals surface area contributed by atoms with E-state index in [-0.39, 0.29) is 10.9 Å². The zero-order valence-corrected chi connectivity index (χ0v) is 8.11. The van der Waals surface area contributed by atoms with Gasteiger partial charge in [-0.1, -0.05) is 12.2 Å². The highest BCUT2D eigenvalue weighted by atomic mass is 32.1. The predicted molar refractivity (Wildman–Crippen MR) is 50.8 cm³/mol. The largest absolute Gasteiger partial charge is 0.393 e. The molecule has 5 heteroatoms. The van der Waals surface area contributed by atoms with Crippen LogP contribution in [0.15, 0.2) is 0 Å². The number of ether oxygens (including phenoxy) is 1. The van der Waals surface area contributed by atoms with Crippen LogP contribution in [0.5, 0.6) is 0 Å². The lowest BCUT2D eigenvalue weighted by molar-refractivity contribution is -0.122. The number of hydrogen-bond donors (Lipinski definition) is 2. The second kappa shape index (κ2) is 5.91. The summed E-state index contributed by atoms with van der Waals surface area (Å²) in [5.74, 6) is -0.559. The summed E-state index contributed by atoms with van der Waals surface area (Å²) in [5.41, 5.74) is 5.28. The van der Waals surface area contributed by atoms with Crippen LogP contribution in [0.1, 0.15) is 6.92 Å². The van der Waals surface area contributed by atoms with Gasteiger partial charge in [-0.05, 0) is 6.92 Å². The van der Waals surface area contributed by atoms with Gasteiger partial charge in [0.05, 0.1) is 17.5 Å². The molecule has 0 rings (SSSR count). The van der Waals surface area contributed by atoms with E-state index in [4.69, 9.17) is 10.5 Å². The Labute approximate surface area is 77.5 Å². The quantitative estimate of drug-likeness (QED) is 0.460. The molecule has 0 aromatic heterocycles. The third-order valence-electron chi connectivity index (χ3n) is 1.43. The molecule has 0 bridgehead atoms. The number of nitrogens with one attached hydrogen (secondary N) is 1. The van der Waals surface area contributed by atoms with Crippen molar-refractivity contribution < 1.29 is 9.53 Å². The van der Waals surface area contributed by atoms with E-state index in [0.717, 1.165) is 0 Å². The molecule has 0 aromatic carbocycles. The molecule has 1 atom stereocenters. The normalized spacial score (nSPS) is 12.2. The Morgan fingerprint density at radius 2 is 2.33 bits per heavy atom. The van der Waals surface area contributed by atoms with Crippen LogP contribution in [0, 0.1) is 5.92 Å². The smallest absolute Gasteiger partial charge is 0.229 e. The SMILES string of the molecule is COCCNC(=O)C(C)C(N)=S. The van der Waals surface area contributed by atoms with Gasteiger partial charge in [-0.25, -0.2) is 0 Å². The lowest BCUT2D eigenvalue weighted by Crippen LogP contribution is -2.37. The minimum Gasteiger partial charge on any atom is -0.393 e. The van der Waals surface area contributed by atoms with Crippen molar-refractivity contribution in [3.63, 3.8) is 0 Å². The molecule has 12 heavy (non-hydrogen) atoms. The van der Waals surface area contributed by atoms with Crippen molar-refractivity contribution in [2.45, 2.75) is 6.92 Å². The summed E-state index contributed by atoms with van der Waals surface area (Å²) < 4.78 is 4.75. The number of carbonyl (C=O) groups excluding carboxylic acids is 1. The summed E-state index contributed by atoms with van der Waals surface area (Å²) in [4.78, 5) is 11.3. The molecule has 3 N–H and O–H groups in total. The zero-order chi connectivity index (χ0) is 9.56. The molecule has 0 saturated carbocycles. The van der Waals surface area contributed by atoms with Crippen LogP contribution in [0.4, 0.5) is 0 Å². The third kappa shape index (κ3) is 4.25. The van der Waals surface area contributed by atoms with Crippen molar-refractivity contribution in [3.05, 3.63) is 0 Å². The number of amides is 1. The van der Waals surface area contributed by atoms with E-state index in [1.807, 2.05) is 0 Å². The summed E-state index contributed by atoms with van der Waals surface area (Å²) in [6.45, 7) is 2.66. The Hall–Kier alpha value is -0.680. The lowest BCUT2D eigenvalue weighted by Gasteiger charge is -2.09. The highest BCUT2D eigenvalue weighted by Crippen LogP contribution is 1.93. The average Bonchev–Trinajstić information content (AvgIpc) is 2.03. The van der Waals surface area contributed by atoms with Crippen LogP contribution in [-0.4, -0.2) is 31.2 Å². The molecule has 0 aliphatic carbocycles. The molecule has 1 amide bonds. The van der Waals surface area contributed by atoms with E-state index in [9.17, 15) is 4.79 Å². The van der Waals surface area contributed by atoms with Gasteiger partial charge < -0.3 is 15.8 Å². The highest BCUT2D eigenvalue weighted by molar-refractivity contribution is 7.80. The van der Waals surface area contributed by atoms with Crippen molar-refractivity contribution >= 4 is 23.1 Å². The number of methoxy groups -OCH3 is 1. The van der Waals surface area contributed by atoms with E-state index in [0.29, 0.717) is 13.2 Å². The molecule has 0 aromatic rings. The number of carbonyl (C=O) groups is 1. The fourth-order valence-corrected chi connectivity index (χ4v) is 0.666. The summed E-state index contributed by atoms with van der Waals surface area (Å²) in [7, 11) is 1.57. The van der Waals surface area contributed by atoms with Gasteiger partial charge in [0.1, 0.15) is 0 Å². The maximum atomic E-state index is 11.1. The number of hydrogen-bond acceptors (Lipinski definition) is 3. The highest BCUT2D eigenvalue weighted by Gasteiger charge is 2.13. The fraction of sp³-hybridized carbons (Fsp3) is 0.714. The van der Waals surface area contributed by atoms with Gasteiger partial charge in [0.2, 0.25) is 5.91 Å². The van der Waals surface area contributed by atoms with E-state index in [1.54, 1.807) is 14.0 Å². The van der Waals surface area contributed by atoms with Crippen LogP contribution in [0.2, 0.25) is 0 Å². The fourth-order valence-electron chi connectivity index (χ4n) is 0.559. The van der Waals surface area contributed by atoms with Crippen LogP contribution in [-0.2, 0) is 9.53 Å². The molecule has 70 valence electrons. The van der Waals surface area contributed by atoms with Crippen LogP contribution in [0.25, 0.3) is 0 Å². The summed E-state index contributed by atoms with van der Waals surface area (Å²) in [5, 5.41) is 2.63. The Balaban J connectivity index is 3.65. The Morgan fingerprint density at radius 3 is 2.75 bits per heavy atom. The van der Waals surface area contributed by atoms with E-state index in [2.05, 4.69) is 17.5 Å². The average molecular weight is 190 g/mol. The molecule has 0 aliphatic heterocycles. The van der Waals surface area contributed by atoms with Crippen LogP contribution < -0.4 is 11.1 Å². The summed E-state index contributed by atoms with van der Waals surface area (Å²) in [6, 6.07) is 0. The molecule has 0 aliphatic rings. The first-order valence-corrected chi connectivity index (χ1v) is 4.06. The minimum atomic E-state index is -0.406. The van der Waals surface area contributed by atoms with E-state index >= 15 is 0 Å². The number of rotatable bonds is 5. The van der Waals surface area contributed by atoms with Gasteiger partial charge in [0.25, 0.3) is 0 Å². The molecule has 0 saturated heterocycles. The Morgan fingerprint density at radius 1 is 1.75 bits per heavy atom. The number of thiocarbonyl (C=S) groups is 1. The minimum absolute atomic E-state index is 0.153. The summed E-state index contributed by atoms with van der Waals surface area (Å²) in [6.07, 6.45) is 0. The van der Waals surface area contributed by atoms with Gasteiger partial charge in [0, 0.05) is 13.7 Å². The molecule has 1 unspecified atom stereocenters. The molecular weight excluding hydrogens is 176 g/mol. The monoisotopic (exact) mass is 190 g/mol. The second-order valence-electron chi connectivity index (χ2n) is 2.41. The van der Waals surface area contributed by atoms with Gasteiger partial charge in [-0.15, -0.1) is 0 Å². The molecule has 4 nitrogen and oxygen atoms in total. The first kappa shape index (κ1) is 11.3. The first-order chi connectivity index (χ1) is 5.59. The maximum absolute atomic E-state index is 11.1. The molecule has 0 fully saturated rings. The van der Waals surface area contributed by atoms with Crippen LogP contribution >= 0.6 is 12.2 Å². The van der Waals surface area contributed by atoms with Gasteiger partial charge >= 0.3 is 0 Å². The lowest BCUT2D eigenvalue weighted by atomic mass is 10.2. The van der Waals surface area contributed by atoms with E-state index in [1.165, 1.54) is 0 Å². The van der Waals surface area contributed by atoms with Gasteiger partial charge in [-0.2, -0.15) is 0 Å². The van der Waals surface area contributed by atoms with Crippen LogP contribution in [0.3, 0.4) is 0 Å². The van der Waals surface area contributed by atoms with Crippen molar-refractivity contribution in [1.82, 2.24) is 5.32 Å². The van der Waals surface area contributed by atoms with Crippen molar-refractivity contribution in [1.29, 1.82) is 0 Å². The van der Waals surface area contributed by atoms with Crippen molar-refractivity contribution in [3.8, 4) is 0 Å². The molecule has 0 heterocycles. The van der Waals surface area contributed by atoms with Crippen molar-refractivity contribution in [2.24, 2.45) is 11.7 Å². The third-order valence-corrected chi connectivity index (χ3v) is 1.78. The van der Waals surface area contributed by atoms with E-state index < -0.39 is 5.92 Å². The molecule has 0 spiro atoms. The molecule has 0 radical (unpaired) electrons. The topological polar surface area (TPSA) is 64.3 Å². The number of nitrogens with two attached hydrogens (primary N) is 1. The van der Waals surface area contributed by atoms with Gasteiger partial charge in [0.15, 0.2) is 0 Å². The summed E-state index contributed by atoms with van der Waals surface area (Å²) >= 11 is 4.66. The standard InChI is InChI=1S/C7H14N2O2S/c1-5(6(8)12)7(10)9-3-4-11-2/h5H,3-4H2,1-2H3,(H2,8,12)(H,9,10). The van der Waals surface area contributed by atoms with Crippen molar-refractivity contribution in [2.75, 3.05) is 20.3 Å². The Kier molecular flexibility index (Phi) is 5.57. The maximum Gasteiger partial charge on any atom is 0.229 e. The molecular formula is C7H14N2O2S. The zero-order valence-electron chi connectivity index (χ0n) is 7.29. The first-order valence-electron chi connectivity index (χ1n) is 3.65. The van der Waals surface area contributed by atoms with Gasteiger partial charge in [-0.3, -0.25) is 4.79 Å².